The van der Waals surface area contributed by atoms with E-state index in [9.17, 15) is 9.18 Å². The maximum absolute atomic E-state index is 13.2. The number of rotatable bonds is 5. The molecule has 1 aromatic heterocycles. The molecule has 0 radical (unpaired) electrons. The minimum absolute atomic E-state index is 0.236. The fourth-order valence-corrected chi connectivity index (χ4v) is 2.89. The average Bonchev–Trinajstić information content (AvgIpc) is 2.62. The lowest BCUT2D eigenvalue weighted by atomic mass is 10.2. The van der Waals surface area contributed by atoms with Crippen LogP contribution >= 0.6 is 11.8 Å². The number of aromatic nitrogens is 2. The maximum Gasteiger partial charge on any atom is 0.256 e. The first-order valence-corrected chi connectivity index (χ1v) is 8.68. The van der Waals surface area contributed by atoms with E-state index in [2.05, 4.69) is 46.7 Å². The van der Waals surface area contributed by atoms with E-state index in [-0.39, 0.29) is 5.56 Å². The van der Waals surface area contributed by atoms with Gasteiger partial charge in [0.25, 0.3) is 5.91 Å². The monoisotopic (exact) mass is 353 g/mol. The Kier molecular flexibility index (Phi) is 5.40. The second-order valence-corrected chi connectivity index (χ2v) is 6.49. The van der Waals surface area contributed by atoms with Gasteiger partial charge in [-0.25, -0.2) is 4.39 Å². The van der Waals surface area contributed by atoms with Crippen LogP contribution in [0.25, 0.3) is 0 Å². The normalized spacial score (nSPS) is 10.5. The molecule has 3 rings (SSSR count). The molecule has 1 N–H and O–H groups in total. The summed E-state index contributed by atoms with van der Waals surface area (Å²) in [6, 6.07) is 17.3. The second kappa shape index (κ2) is 7.90. The molecular formula is C19H16FN3OS. The third kappa shape index (κ3) is 4.87. The highest BCUT2D eigenvalue weighted by Crippen LogP contribution is 2.21. The van der Waals surface area contributed by atoms with Gasteiger partial charge in [0.05, 0.1) is 0 Å². The van der Waals surface area contributed by atoms with Gasteiger partial charge in [0.2, 0.25) is 0 Å². The molecule has 0 spiro atoms. The van der Waals surface area contributed by atoms with Crippen LogP contribution in [0.1, 0.15) is 21.5 Å². The topological polar surface area (TPSA) is 54.9 Å². The summed E-state index contributed by atoms with van der Waals surface area (Å²) in [6.07, 6.45) is 0. The Morgan fingerprint density at radius 3 is 2.56 bits per heavy atom. The van der Waals surface area contributed by atoms with Gasteiger partial charge in [0, 0.05) is 11.3 Å². The number of anilines is 1. The maximum atomic E-state index is 13.2. The summed E-state index contributed by atoms with van der Waals surface area (Å²) in [4.78, 5) is 12.0. The van der Waals surface area contributed by atoms with Gasteiger partial charge in [-0.2, -0.15) is 0 Å². The fraction of sp³-hybridized carbons (Fsp3) is 0.105. The molecular weight excluding hydrogens is 337 g/mol. The molecule has 0 atom stereocenters. The molecule has 0 aliphatic carbocycles. The Hall–Kier alpha value is -2.73. The van der Waals surface area contributed by atoms with Crippen molar-refractivity contribution in [3.8, 4) is 0 Å². The number of hydrogen-bond donors (Lipinski definition) is 1. The smallest absolute Gasteiger partial charge is 0.256 e. The molecule has 0 fully saturated rings. The molecule has 0 aliphatic rings. The molecule has 4 nitrogen and oxygen atoms in total. The first-order chi connectivity index (χ1) is 12.1. The summed E-state index contributed by atoms with van der Waals surface area (Å²) in [5, 5.41) is 11.5. The van der Waals surface area contributed by atoms with Crippen LogP contribution in [0.5, 0.6) is 0 Å². The van der Waals surface area contributed by atoms with Crippen LogP contribution in [0, 0.1) is 12.7 Å². The van der Waals surface area contributed by atoms with E-state index in [4.69, 9.17) is 0 Å². The number of carbonyl (C=O) groups is 1. The molecule has 25 heavy (non-hydrogen) atoms. The van der Waals surface area contributed by atoms with Crippen molar-refractivity contribution in [2.24, 2.45) is 0 Å². The van der Waals surface area contributed by atoms with Crippen LogP contribution in [-0.4, -0.2) is 16.1 Å². The van der Waals surface area contributed by atoms with Crippen LogP contribution in [0.4, 0.5) is 10.2 Å². The molecule has 0 saturated heterocycles. The number of thioether (sulfide) groups is 1. The van der Waals surface area contributed by atoms with Crippen LogP contribution in [-0.2, 0) is 5.75 Å². The van der Waals surface area contributed by atoms with Gasteiger partial charge >= 0.3 is 0 Å². The van der Waals surface area contributed by atoms with Crippen molar-refractivity contribution in [2.75, 3.05) is 5.32 Å². The zero-order valence-corrected chi connectivity index (χ0v) is 14.4. The highest BCUT2D eigenvalue weighted by atomic mass is 32.2. The lowest BCUT2D eigenvalue weighted by Crippen LogP contribution is -2.13. The molecule has 0 saturated carbocycles. The van der Waals surface area contributed by atoms with E-state index in [1.54, 1.807) is 23.9 Å². The largest absolute Gasteiger partial charge is 0.305 e. The highest BCUT2D eigenvalue weighted by Gasteiger charge is 2.08. The van der Waals surface area contributed by atoms with E-state index in [0.717, 1.165) is 10.8 Å². The van der Waals surface area contributed by atoms with Gasteiger partial charge in [-0.3, -0.25) is 4.79 Å². The number of benzene rings is 2. The second-order valence-electron chi connectivity index (χ2n) is 5.50. The molecule has 126 valence electrons. The summed E-state index contributed by atoms with van der Waals surface area (Å²) in [7, 11) is 0. The van der Waals surface area contributed by atoms with Crippen molar-refractivity contribution >= 4 is 23.5 Å². The lowest BCUT2D eigenvalue weighted by molar-refractivity contribution is 0.102. The first-order valence-electron chi connectivity index (χ1n) is 7.69. The number of hydrogen-bond acceptors (Lipinski definition) is 4. The first kappa shape index (κ1) is 17.1. The van der Waals surface area contributed by atoms with Gasteiger partial charge in [-0.05, 0) is 42.8 Å². The molecule has 1 heterocycles. The van der Waals surface area contributed by atoms with Gasteiger partial charge in [0.15, 0.2) is 5.82 Å². The van der Waals surface area contributed by atoms with E-state index < -0.39 is 11.7 Å². The Labute approximate surface area is 149 Å². The summed E-state index contributed by atoms with van der Waals surface area (Å²) < 4.78 is 13.2. The van der Waals surface area contributed by atoms with E-state index in [0.29, 0.717) is 5.82 Å². The fourth-order valence-electron chi connectivity index (χ4n) is 2.12. The van der Waals surface area contributed by atoms with Crippen molar-refractivity contribution in [3.05, 3.63) is 83.2 Å². The van der Waals surface area contributed by atoms with Crippen molar-refractivity contribution < 1.29 is 9.18 Å². The van der Waals surface area contributed by atoms with Crippen molar-refractivity contribution in [3.63, 3.8) is 0 Å². The van der Waals surface area contributed by atoms with E-state index in [1.807, 2.05) is 0 Å². The van der Waals surface area contributed by atoms with Crippen molar-refractivity contribution in [1.82, 2.24) is 10.2 Å². The molecule has 2 aromatic carbocycles. The third-order valence-corrected chi connectivity index (χ3v) is 4.47. The van der Waals surface area contributed by atoms with Crippen LogP contribution in [0.2, 0.25) is 0 Å². The van der Waals surface area contributed by atoms with Crippen LogP contribution in [0.3, 0.4) is 0 Å². The molecule has 3 aromatic rings. The Bertz CT molecular complexity index is 867. The SMILES string of the molecule is Cc1ccc(CSc2ccc(NC(=O)c3cccc(F)c3)nn2)cc1. The van der Waals surface area contributed by atoms with Crippen LogP contribution < -0.4 is 5.32 Å². The summed E-state index contributed by atoms with van der Waals surface area (Å²) in [5.41, 5.74) is 2.67. The predicted molar refractivity (Wildman–Crippen MR) is 97.1 cm³/mol. The third-order valence-electron chi connectivity index (χ3n) is 3.48. The minimum Gasteiger partial charge on any atom is -0.305 e. The number of carbonyl (C=O) groups excluding carboxylic acids is 1. The average molecular weight is 353 g/mol. The number of halogens is 1. The highest BCUT2D eigenvalue weighted by molar-refractivity contribution is 7.98. The number of aryl methyl sites for hydroxylation is 1. The van der Waals surface area contributed by atoms with Crippen molar-refractivity contribution in [2.45, 2.75) is 17.7 Å². The van der Waals surface area contributed by atoms with Gasteiger partial charge in [0.1, 0.15) is 10.8 Å². The lowest BCUT2D eigenvalue weighted by Gasteiger charge is -2.05. The Morgan fingerprint density at radius 1 is 1.08 bits per heavy atom. The Balaban J connectivity index is 1.58. The molecule has 0 aliphatic heterocycles. The summed E-state index contributed by atoms with van der Waals surface area (Å²) in [6.45, 7) is 2.05. The minimum atomic E-state index is -0.457. The molecule has 0 bridgehead atoms. The standard InChI is InChI=1S/C19H16FN3OS/c1-13-5-7-14(8-6-13)12-25-18-10-9-17(22-23-18)21-19(24)15-3-2-4-16(20)11-15/h2-11H,12H2,1H3,(H,21,22,24). The van der Waals surface area contributed by atoms with E-state index >= 15 is 0 Å². The quantitative estimate of drug-likeness (QED) is 0.688. The predicted octanol–water partition coefficient (Wildman–Crippen LogP) is 4.47. The van der Waals surface area contributed by atoms with Crippen LogP contribution in [0.15, 0.2) is 65.7 Å². The van der Waals surface area contributed by atoms with Crippen molar-refractivity contribution in [1.29, 1.82) is 0 Å². The van der Waals surface area contributed by atoms with Gasteiger partial charge in [-0.1, -0.05) is 47.7 Å². The molecule has 6 heteroatoms. The van der Waals surface area contributed by atoms with Gasteiger partial charge in [-0.15, -0.1) is 10.2 Å². The zero-order valence-electron chi connectivity index (χ0n) is 13.6. The number of amides is 1. The number of nitrogens with one attached hydrogen (secondary N) is 1. The van der Waals surface area contributed by atoms with E-state index in [1.165, 1.54) is 35.4 Å². The number of nitrogens with zero attached hydrogens (tertiary/aromatic N) is 2. The summed E-state index contributed by atoms with van der Waals surface area (Å²) >= 11 is 1.57. The molecule has 1 amide bonds. The zero-order chi connectivity index (χ0) is 17.6. The van der Waals surface area contributed by atoms with Gasteiger partial charge < -0.3 is 5.32 Å². The Morgan fingerprint density at radius 2 is 1.88 bits per heavy atom. The molecule has 0 unspecified atom stereocenters. The summed E-state index contributed by atoms with van der Waals surface area (Å²) in [5.74, 6) is 0.244.